The van der Waals surface area contributed by atoms with E-state index in [2.05, 4.69) is 9.71 Å². The van der Waals surface area contributed by atoms with Crippen LogP contribution in [-0.2, 0) is 16.6 Å². The topological polar surface area (TPSA) is 82.5 Å². The Hall–Kier alpha value is -1.70. The molecule has 0 aliphatic carbocycles. The first-order valence-corrected chi connectivity index (χ1v) is 9.26. The molecule has 2 heterocycles. The highest BCUT2D eigenvalue weighted by Crippen LogP contribution is 2.27. The molecule has 1 atom stereocenters. The van der Waals surface area contributed by atoms with Gasteiger partial charge in [0.05, 0.1) is 17.4 Å². The third-order valence-electron chi connectivity index (χ3n) is 4.35. The van der Waals surface area contributed by atoms with Crippen LogP contribution in [0.1, 0.15) is 18.4 Å². The summed E-state index contributed by atoms with van der Waals surface area (Å²) < 4.78 is 26.6. The summed E-state index contributed by atoms with van der Waals surface area (Å²) in [5, 5.41) is 10.2. The lowest BCUT2D eigenvalue weighted by Gasteiger charge is -2.34. The van der Waals surface area contributed by atoms with Crippen molar-refractivity contribution in [2.24, 2.45) is 0 Å². The van der Waals surface area contributed by atoms with E-state index in [0.717, 1.165) is 29.4 Å². The van der Waals surface area contributed by atoms with E-state index >= 15 is 0 Å². The van der Waals surface area contributed by atoms with Gasteiger partial charge in [0.1, 0.15) is 5.82 Å². The van der Waals surface area contributed by atoms with Gasteiger partial charge in [0.15, 0.2) is 0 Å². The van der Waals surface area contributed by atoms with Crippen molar-refractivity contribution in [1.29, 1.82) is 0 Å². The maximum atomic E-state index is 12.1. The molecule has 0 saturated carbocycles. The first-order valence-electron chi connectivity index (χ1n) is 7.72. The van der Waals surface area contributed by atoms with Gasteiger partial charge in [0.25, 0.3) is 0 Å². The average Bonchev–Trinajstić information content (AvgIpc) is 2.60. The van der Waals surface area contributed by atoms with Gasteiger partial charge in [-0.2, -0.15) is 0 Å². The summed E-state index contributed by atoms with van der Waals surface area (Å²) in [7, 11) is -1.86. The summed E-state index contributed by atoms with van der Waals surface area (Å²) in [5.74, 6) is 0.683. The van der Waals surface area contributed by atoms with Gasteiger partial charge >= 0.3 is 0 Å². The van der Waals surface area contributed by atoms with E-state index in [0.29, 0.717) is 18.8 Å². The van der Waals surface area contributed by atoms with Crippen molar-refractivity contribution in [3.63, 3.8) is 0 Å². The Morgan fingerprint density at radius 2 is 2.17 bits per heavy atom. The van der Waals surface area contributed by atoms with Crippen molar-refractivity contribution in [3.05, 3.63) is 35.9 Å². The quantitative estimate of drug-likeness (QED) is 0.878. The molecule has 1 saturated heterocycles. The van der Waals surface area contributed by atoms with Crippen LogP contribution in [-0.4, -0.2) is 43.9 Å². The fourth-order valence-corrected chi connectivity index (χ4v) is 4.28. The summed E-state index contributed by atoms with van der Waals surface area (Å²) in [6.45, 7) is 1.02. The van der Waals surface area contributed by atoms with Crippen molar-refractivity contribution >= 4 is 26.7 Å². The number of hydrogen-bond acceptors (Lipinski definition) is 5. The number of fused-ring (bicyclic) bond motifs is 1. The number of piperidine rings is 1. The summed E-state index contributed by atoms with van der Waals surface area (Å²) in [5.41, 5.74) is 1.57. The Kier molecular flexibility index (Phi) is 4.52. The molecular weight excluding hydrogens is 314 g/mol. The molecule has 1 unspecified atom stereocenters. The molecular formula is C16H21N3O3S. The standard InChI is InChI=1S/C16H21N3O3S/c1-17-23(21,22)14-6-4-8-19(10-14)16-13(11-20)9-12-5-2-3-7-15(12)18-16/h2-3,5,7,9,14,17,20H,4,6,8,10-11H2,1H3. The summed E-state index contributed by atoms with van der Waals surface area (Å²) in [6.07, 6.45) is 1.42. The number of aliphatic hydroxyl groups excluding tert-OH is 1. The van der Waals surface area contributed by atoms with Crippen LogP contribution in [0.3, 0.4) is 0 Å². The lowest BCUT2D eigenvalue weighted by Crippen LogP contribution is -2.46. The Morgan fingerprint density at radius 3 is 2.91 bits per heavy atom. The molecule has 2 N–H and O–H groups in total. The number of para-hydroxylation sites is 1. The minimum atomic E-state index is -3.31. The average molecular weight is 335 g/mol. The second-order valence-electron chi connectivity index (χ2n) is 5.78. The number of nitrogens with zero attached hydrogens (tertiary/aromatic N) is 2. The zero-order valence-corrected chi connectivity index (χ0v) is 13.9. The lowest BCUT2D eigenvalue weighted by atomic mass is 10.1. The van der Waals surface area contributed by atoms with Crippen LogP contribution >= 0.6 is 0 Å². The number of rotatable bonds is 4. The highest BCUT2D eigenvalue weighted by atomic mass is 32.2. The molecule has 2 aromatic rings. The molecule has 3 rings (SSSR count). The first-order chi connectivity index (χ1) is 11.0. The van der Waals surface area contributed by atoms with Crippen LogP contribution in [0.15, 0.2) is 30.3 Å². The smallest absolute Gasteiger partial charge is 0.215 e. The minimum Gasteiger partial charge on any atom is -0.392 e. The first kappa shape index (κ1) is 16.2. The third kappa shape index (κ3) is 3.17. The number of aromatic nitrogens is 1. The lowest BCUT2D eigenvalue weighted by molar-refractivity contribution is 0.281. The molecule has 0 amide bonds. The summed E-state index contributed by atoms with van der Waals surface area (Å²) in [4.78, 5) is 6.64. The Bertz CT molecular complexity index is 807. The minimum absolute atomic E-state index is 0.118. The zero-order valence-electron chi connectivity index (χ0n) is 13.1. The van der Waals surface area contributed by atoms with E-state index in [-0.39, 0.29) is 6.61 Å². The molecule has 6 nitrogen and oxygen atoms in total. The second kappa shape index (κ2) is 6.43. The summed E-state index contributed by atoms with van der Waals surface area (Å²) in [6, 6.07) is 9.65. The second-order valence-corrected chi connectivity index (χ2v) is 7.95. The van der Waals surface area contributed by atoms with Gasteiger partial charge in [-0.1, -0.05) is 18.2 Å². The molecule has 1 aliphatic heterocycles. The zero-order chi connectivity index (χ0) is 16.4. The van der Waals surface area contributed by atoms with E-state index in [4.69, 9.17) is 0 Å². The molecule has 1 aliphatic rings. The molecule has 0 spiro atoms. The predicted molar refractivity (Wildman–Crippen MR) is 90.9 cm³/mol. The predicted octanol–water partition coefficient (Wildman–Crippen LogP) is 1.25. The van der Waals surface area contributed by atoms with Crippen molar-refractivity contribution in [1.82, 2.24) is 9.71 Å². The molecule has 1 aromatic carbocycles. The highest BCUT2D eigenvalue weighted by Gasteiger charge is 2.31. The van der Waals surface area contributed by atoms with Crippen molar-refractivity contribution < 1.29 is 13.5 Å². The van der Waals surface area contributed by atoms with Crippen LogP contribution < -0.4 is 9.62 Å². The molecule has 0 radical (unpaired) electrons. The number of nitrogens with one attached hydrogen (secondary N) is 1. The normalized spacial score (nSPS) is 19.2. The number of pyridine rings is 1. The van der Waals surface area contributed by atoms with E-state index in [1.54, 1.807) is 0 Å². The highest BCUT2D eigenvalue weighted by molar-refractivity contribution is 7.90. The fraction of sp³-hybridized carbons (Fsp3) is 0.438. The van der Waals surface area contributed by atoms with Crippen molar-refractivity contribution in [3.8, 4) is 0 Å². The van der Waals surface area contributed by atoms with E-state index in [1.165, 1.54) is 7.05 Å². The van der Waals surface area contributed by atoms with Crippen LogP contribution in [0.5, 0.6) is 0 Å². The number of aliphatic hydroxyl groups is 1. The Labute approximate surface area is 136 Å². The van der Waals surface area contributed by atoms with Gasteiger partial charge in [-0.25, -0.2) is 18.1 Å². The van der Waals surface area contributed by atoms with Crippen LogP contribution in [0, 0.1) is 0 Å². The van der Waals surface area contributed by atoms with E-state index in [1.807, 2.05) is 35.2 Å². The van der Waals surface area contributed by atoms with Gasteiger partial charge in [0, 0.05) is 24.0 Å². The van der Waals surface area contributed by atoms with E-state index in [9.17, 15) is 13.5 Å². The van der Waals surface area contributed by atoms with Gasteiger partial charge < -0.3 is 10.0 Å². The maximum Gasteiger partial charge on any atom is 0.215 e. The van der Waals surface area contributed by atoms with Gasteiger partial charge in [-0.15, -0.1) is 0 Å². The van der Waals surface area contributed by atoms with Crippen molar-refractivity contribution in [2.75, 3.05) is 25.0 Å². The SMILES string of the molecule is CNS(=O)(=O)C1CCCN(c2nc3ccccc3cc2CO)C1. The van der Waals surface area contributed by atoms with Gasteiger partial charge in [-0.05, 0) is 32.0 Å². The monoisotopic (exact) mass is 335 g/mol. The fourth-order valence-electron chi connectivity index (χ4n) is 3.09. The van der Waals surface area contributed by atoms with E-state index < -0.39 is 15.3 Å². The molecule has 7 heteroatoms. The van der Waals surface area contributed by atoms with Crippen LogP contribution in [0.4, 0.5) is 5.82 Å². The largest absolute Gasteiger partial charge is 0.392 e. The summed E-state index contributed by atoms with van der Waals surface area (Å²) >= 11 is 0. The molecule has 1 fully saturated rings. The molecule has 23 heavy (non-hydrogen) atoms. The number of anilines is 1. The van der Waals surface area contributed by atoms with Crippen LogP contribution in [0.25, 0.3) is 10.9 Å². The van der Waals surface area contributed by atoms with Gasteiger partial charge in [-0.3, -0.25) is 0 Å². The Morgan fingerprint density at radius 1 is 1.39 bits per heavy atom. The number of hydrogen-bond donors (Lipinski definition) is 2. The molecule has 0 bridgehead atoms. The number of sulfonamides is 1. The third-order valence-corrected chi connectivity index (χ3v) is 6.18. The number of benzene rings is 1. The maximum absolute atomic E-state index is 12.1. The van der Waals surface area contributed by atoms with Crippen LogP contribution in [0.2, 0.25) is 0 Å². The van der Waals surface area contributed by atoms with Gasteiger partial charge in [0.2, 0.25) is 10.0 Å². The van der Waals surface area contributed by atoms with Crippen molar-refractivity contribution in [2.45, 2.75) is 24.7 Å². The molecule has 1 aromatic heterocycles. The Balaban J connectivity index is 1.98. The molecule has 124 valence electrons.